The Morgan fingerprint density at radius 1 is 1.54 bits per heavy atom. The highest BCUT2D eigenvalue weighted by molar-refractivity contribution is 4.76. The summed E-state index contributed by atoms with van der Waals surface area (Å²) in [5.41, 5.74) is 5.62. The van der Waals surface area contributed by atoms with Gasteiger partial charge in [-0.15, -0.1) is 0 Å². The van der Waals surface area contributed by atoms with Gasteiger partial charge in [-0.25, -0.2) is 0 Å². The van der Waals surface area contributed by atoms with Crippen LogP contribution < -0.4 is 5.73 Å². The lowest BCUT2D eigenvalue weighted by atomic mass is 9.97. The van der Waals surface area contributed by atoms with Crippen molar-refractivity contribution in [1.82, 2.24) is 4.90 Å². The fourth-order valence-electron chi connectivity index (χ4n) is 2.39. The topological polar surface area (TPSA) is 29.3 Å². The number of nitrogens with two attached hydrogens (primary N) is 1. The van der Waals surface area contributed by atoms with Gasteiger partial charge in [0.2, 0.25) is 0 Å². The van der Waals surface area contributed by atoms with Crippen LogP contribution in [-0.2, 0) is 0 Å². The highest BCUT2D eigenvalue weighted by atomic mass is 15.2. The first kappa shape index (κ1) is 11.0. The molecular formula is C11H24N2. The van der Waals surface area contributed by atoms with Gasteiger partial charge in [-0.3, -0.25) is 0 Å². The molecule has 0 bridgehead atoms. The molecule has 0 aromatic carbocycles. The van der Waals surface area contributed by atoms with Crippen molar-refractivity contribution in [2.75, 3.05) is 19.6 Å². The zero-order chi connectivity index (χ0) is 9.68. The molecule has 78 valence electrons. The Morgan fingerprint density at radius 2 is 2.31 bits per heavy atom. The average Bonchev–Trinajstić information content (AvgIpc) is 2.14. The van der Waals surface area contributed by atoms with E-state index in [9.17, 15) is 0 Å². The van der Waals surface area contributed by atoms with Crippen molar-refractivity contribution in [3.8, 4) is 0 Å². The van der Waals surface area contributed by atoms with E-state index < -0.39 is 0 Å². The van der Waals surface area contributed by atoms with Gasteiger partial charge in [-0.05, 0) is 44.7 Å². The van der Waals surface area contributed by atoms with E-state index in [1.807, 2.05) is 0 Å². The van der Waals surface area contributed by atoms with E-state index in [4.69, 9.17) is 5.73 Å². The number of piperidine rings is 1. The number of rotatable bonds is 4. The minimum absolute atomic E-state index is 0.743. The van der Waals surface area contributed by atoms with Crippen molar-refractivity contribution in [3.63, 3.8) is 0 Å². The molecule has 0 aromatic heterocycles. The summed E-state index contributed by atoms with van der Waals surface area (Å²) < 4.78 is 0. The van der Waals surface area contributed by atoms with E-state index in [2.05, 4.69) is 18.7 Å². The van der Waals surface area contributed by atoms with Gasteiger partial charge < -0.3 is 10.6 Å². The van der Waals surface area contributed by atoms with Gasteiger partial charge in [-0.1, -0.05) is 13.8 Å². The third-order valence-corrected chi connectivity index (χ3v) is 3.18. The predicted octanol–water partition coefficient (Wildman–Crippen LogP) is 1.85. The Bertz CT molecular complexity index is 136. The Balaban J connectivity index is 2.37. The SMILES string of the molecule is CCC(CCN)N1CCCC(C)C1. The second kappa shape index (κ2) is 5.61. The van der Waals surface area contributed by atoms with Gasteiger partial charge in [0.15, 0.2) is 0 Å². The van der Waals surface area contributed by atoms with Crippen molar-refractivity contribution in [1.29, 1.82) is 0 Å². The summed E-state index contributed by atoms with van der Waals surface area (Å²) in [6.07, 6.45) is 5.21. The molecule has 0 aromatic rings. The van der Waals surface area contributed by atoms with Crippen molar-refractivity contribution < 1.29 is 0 Å². The number of nitrogens with zero attached hydrogens (tertiary/aromatic N) is 1. The molecule has 13 heavy (non-hydrogen) atoms. The van der Waals surface area contributed by atoms with Crippen LogP contribution >= 0.6 is 0 Å². The van der Waals surface area contributed by atoms with Crippen LogP contribution in [0, 0.1) is 5.92 Å². The maximum absolute atomic E-state index is 5.62. The molecule has 1 saturated heterocycles. The first-order valence-electron chi connectivity index (χ1n) is 5.72. The maximum atomic E-state index is 5.62. The number of hydrogen-bond donors (Lipinski definition) is 1. The molecule has 1 aliphatic rings. The molecule has 0 radical (unpaired) electrons. The highest BCUT2D eigenvalue weighted by Crippen LogP contribution is 2.20. The molecule has 1 fully saturated rings. The van der Waals surface area contributed by atoms with E-state index in [0.717, 1.165) is 18.5 Å². The second-order valence-electron chi connectivity index (χ2n) is 4.38. The fraction of sp³-hybridized carbons (Fsp3) is 1.00. The average molecular weight is 184 g/mol. The molecule has 0 spiro atoms. The summed E-state index contributed by atoms with van der Waals surface area (Å²) in [6, 6.07) is 0.743. The fourth-order valence-corrected chi connectivity index (χ4v) is 2.39. The Hall–Kier alpha value is -0.0800. The van der Waals surface area contributed by atoms with Crippen molar-refractivity contribution in [2.45, 2.75) is 45.6 Å². The first-order chi connectivity index (χ1) is 6.27. The third-order valence-electron chi connectivity index (χ3n) is 3.18. The normalized spacial score (nSPS) is 27.5. The summed E-state index contributed by atoms with van der Waals surface area (Å²) in [5, 5.41) is 0. The number of likely N-dealkylation sites (tertiary alicyclic amines) is 1. The summed E-state index contributed by atoms with van der Waals surface area (Å²) in [5.74, 6) is 0.889. The van der Waals surface area contributed by atoms with Crippen LogP contribution in [0.2, 0.25) is 0 Å². The molecule has 2 unspecified atom stereocenters. The highest BCUT2D eigenvalue weighted by Gasteiger charge is 2.21. The first-order valence-corrected chi connectivity index (χ1v) is 5.72. The van der Waals surface area contributed by atoms with Gasteiger partial charge in [-0.2, -0.15) is 0 Å². The van der Waals surface area contributed by atoms with E-state index in [-0.39, 0.29) is 0 Å². The molecular weight excluding hydrogens is 160 g/mol. The van der Waals surface area contributed by atoms with Gasteiger partial charge >= 0.3 is 0 Å². The summed E-state index contributed by atoms with van der Waals surface area (Å²) in [6.45, 7) is 8.06. The molecule has 1 aliphatic heterocycles. The van der Waals surface area contributed by atoms with Gasteiger partial charge in [0.05, 0.1) is 0 Å². The molecule has 1 rings (SSSR count). The molecule has 1 heterocycles. The second-order valence-corrected chi connectivity index (χ2v) is 4.38. The standard InChI is InChI=1S/C11H24N2/c1-3-11(6-7-12)13-8-4-5-10(2)9-13/h10-11H,3-9,12H2,1-2H3. The van der Waals surface area contributed by atoms with Crippen LogP contribution in [0.25, 0.3) is 0 Å². The summed E-state index contributed by atoms with van der Waals surface area (Å²) in [7, 11) is 0. The Kier molecular flexibility index (Phi) is 4.74. The quantitative estimate of drug-likeness (QED) is 0.722. The molecule has 2 atom stereocenters. The van der Waals surface area contributed by atoms with Gasteiger partial charge in [0.1, 0.15) is 0 Å². The minimum Gasteiger partial charge on any atom is -0.330 e. The van der Waals surface area contributed by atoms with Crippen LogP contribution in [0.1, 0.15) is 39.5 Å². The molecule has 0 amide bonds. The van der Waals surface area contributed by atoms with Crippen LogP contribution in [0.15, 0.2) is 0 Å². The maximum Gasteiger partial charge on any atom is 0.0105 e. The number of hydrogen-bond acceptors (Lipinski definition) is 2. The van der Waals surface area contributed by atoms with E-state index in [0.29, 0.717) is 0 Å². The molecule has 0 aliphatic carbocycles. The van der Waals surface area contributed by atoms with Crippen molar-refractivity contribution in [2.24, 2.45) is 11.7 Å². The summed E-state index contributed by atoms with van der Waals surface area (Å²) >= 11 is 0. The molecule has 2 N–H and O–H groups in total. The van der Waals surface area contributed by atoms with Crippen LogP contribution in [0.5, 0.6) is 0 Å². The minimum atomic E-state index is 0.743. The smallest absolute Gasteiger partial charge is 0.0105 e. The van der Waals surface area contributed by atoms with E-state index in [1.54, 1.807) is 0 Å². The van der Waals surface area contributed by atoms with Crippen LogP contribution in [-0.4, -0.2) is 30.6 Å². The lowest BCUT2D eigenvalue weighted by molar-refractivity contribution is 0.122. The van der Waals surface area contributed by atoms with Gasteiger partial charge in [0.25, 0.3) is 0 Å². The molecule has 0 saturated carbocycles. The third kappa shape index (κ3) is 3.28. The van der Waals surface area contributed by atoms with Crippen LogP contribution in [0.3, 0.4) is 0 Å². The van der Waals surface area contributed by atoms with E-state index >= 15 is 0 Å². The zero-order valence-corrected chi connectivity index (χ0v) is 9.13. The largest absolute Gasteiger partial charge is 0.330 e. The summed E-state index contributed by atoms with van der Waals surface area (Å²) in [4.78, 5) is 2.64. The Labute approximate surface area is 82.5 Å². The predicted molar refractivity (Wildman–Crippen MR) is 57.7 cm³/mol. The van der Waals surface area contributed by atoms with Gasteiger partial charge in [0, 0.05) is 12.6 Å². The molecule has 2 heteroatoms. The monoisotopic (exact) mass is 184 g/mol. The Morgan fingerprint density at radius 3 is 2.85 bits per heavy atom. The lowest BCUT2D eigenvalue weighted by Gasteiger charge is -2.36. The van der Waals surface area contributed by atoms with Crippen molar-refractivity contribution >= 4 is 0 Å². The zero-order valence-electron chi connectivity index (χ0n) is 9.13. The van der Waals surface area contributed by atoms with Crippen LogP contribution in [0.4, 0.5) is 0 Å². The van der Waals surface area contributed by atoms with E-state index in [1.165, 1.54) is 38.8 Å². The molecule has 2 nitrogen and oxygen atoms in total. The van der Waals surface area contributed by atoms with Crippen molar-refractivity contribution in [3.05, 3.63) is 0 Å². The lowest BCUT2D eigenvalue weighted by Crippen LogP contribution is -2.42.